The molecule has 0 spiro atoms. The highest BCUT2D eigenvalue weighted by atomic mass is 35.6. The van der Waals surface area contributed by atoms with Crippen molar-refractivity contribution in [3.63, 3.8) is 0 Å². The third kappa shape index (κ3) is 5.94. The number of amides is 1. The zero-order chi connectivity index (χ0) is 20.6. The normalized spacial score (nSPS) is 27.3. The summed E-state index contributed by atoms with van der Waals surface area (Å²) in [7, 11) is -2.08. The van der Waals surface area contributed by atoms with Gasteiger partial charge < -0.3 is 24.3 Å². The quantitative estimate of drug-likeness (QED) is 0.496. The predicted octanol–water partition coefficient (Wildman–Crippen LogP) is 3.38. The Labute approximate surface area is 171 Å². The molecule has 0 unspecified atom stereocenters. The number of hydrogen-bond donors (Lipinski definition) is 2. The van der Waals surface area contributed by atoms with E-state index in [1.165, 1.54) is 0 Å². The summed E-state index contributed by atoms with van der Waals surface area (Å²) in [6, 6.07) is 0. The molecule has 0 aliphatic carbocycles. The Bertz CT molecular complexity index is 519. The Morgan fingerprint density at radius 3 is 2.27 bits per heavy atom. The highest BCUT2D eigenvalue weighted by molar-refractivity contribution is 6.76. The highest BCUT2D eigenvalue weighted by Gasteiger charge is 2.52. The van der Waals surface area contributed by atoms with Crippen LogP contribution >= 0.6 is 34.8 Å². The third-order valence-electron chi connectivity index (χ3n) is 5.02. The maximum absolute atomic E-state index is 12.2. The second kappa shape index (κ2) is 8.03. The number of carbonyl (C=O) groups excluding carboxylic acids is 1. The van der Waals surface area contributed by atoms with E-state index in [0.717, 1.165) is 0 Å². The highest BCUT2D eigenvalue weighted by Crippen LogP contribution is 2.38. The molecule has 26 heavy (non-hydrogen) atoms. The van der Waals surface area contributed by atoms with Crippen molar-refractivity contribution >= 4 is 49.0 Å². The average molecular weight is 451 g/mol. The van der Waals surface area contributed by atoms with Crippen molar-refractivity contribution in [1.82, 2.24) is 5.32 Å². The molecule has 1 aliphatic heterocycles. The van der Waals surface area contributed by atoms with Crippen LogP contribution in [0.4, 0.5) is 0 Å². The van der Waals surface area contributed by atoms with E-state index in [2.05, 4.69) is 39.2 Å². The van der Waals surface area contributed by atoms with Gasteiger partial charge in [-0.05, 0) is 32.0 Å². The van der Waals surface area contributed by atoms with Crippen LogP contribution in [-0.4, -0.2) is 60.4 Å². The van der Waals surface area contributed by atoms with Crippen molar-refractivity contribution in [3.05, 3.63) is 0 Å². The minimum atomic E-state index is -2.17. The second-order valence-corrected chi connectivity index (χ2v) is 15.7. The average Bonchev–Trinajstić information content (AvgIpc) is 2.45. The van der Waals surface area contributed by atoms with E-state index in [4.69, 9.17) is 48.7 Å². The number of ether oxygens (including phenoxy) is 2. The van der Waals surface area contributed by atoms with Crippen molar-refractivity contribution in [2.45, 2.75) is 74.0 Å². The smallest absolute Gasteiger partial charge is 0.272 e. The van der Waals surface area contributed by atoms with Gasteiger partial charge in [-0.25, -0.2) is 0 Å². The van der Waals surface area contributed by atoms with Gasteiger partial charge in [0.1, 0.15) is 11.6 Å². The maximum atomic E-state index is 12.2. The number of hydrogen-bond acceptors (Lipinski definition) is 5. The lowest BCUT2D eigenvalue weighted by atomic mass is 9.92. The van der Waals surface area contributed by atoms with E-state index >= 15 is 0 Å². The van der Waals surface area contributed by atoms with E-state index in [1.54, 1.807) is 13.8 Å². The number of aliphatic hydroxyl groups excluding tert-OH is 1. The molecule has 1 rings (SSSR count). The van der Waals surface area contributed by atoms with Gasteiger partial charge in [0.15, 0.2) is 14.1 Å². The fourth-order valence-electron chi connectivity index (χ4n) is 2.18. The van der Waals surface area contributed by atoms with Crippen LogP contribution in [0.5, 0.6) is 0 Å². The van der Waals surface area contributed by atoms with Crippen molar-refractivity contribution in [1.29, 1.82) is 0 Å². The Kier molecular flexibility index (Phi) is 7.54. The standard InChI is InChI=1S/C16H30Cl3NO5Si/c1-13(2,3)26(6,7)24-8-11-15(9-21,10-23-14(4,5)25-11)20-12(22)16(17,18)19/h11,21H,8-10H2,1-7H3,(H,20,22)/t11-,15+/m1/s1. The minimum absolute atomic E-state index is 0.00359. The van der Waals surface area contributed by atoms with Crippen LogP contribution in [-0.2, 0) is 18.7 Å². The molecular formula is C16H30Cl3NO5Si. The summed E-state index contributed by atoms with van der Waals surface area (Å²) in [4.78, 5) is 12.2. The van der Waals surface area contributed by atoms with Gasteiger partial charge >= 0.3 is 0 Å². The zero-order valence-corrected chi connectivity index (χ0v) is 19.7. The summed E-state index contributed by atoms with van der Waals surface area (Å²) in [5, 5.41) is 12.6. The Morgan fingerprint density at radius 2 is 1.85 bits per heavy atom. The Morgan fingerprint density at radius 1 is 1.31 bits per heavy atom. The number of carbonyl (C=O) groups is 1. The largest absolute Gasteiger partial charge is 0.414 e. The molecule has 6 nitrogen and oxygen atoms in total. The third-order valence-corrected chi connectivity index (χ3v) is 10.0. The molecule has 0 bridgehead atoms. The minimum Gasteiger partial charge on any atom is -0.414 e. The molecule has 1 heterocycles. The van der Waals surface area contributed by atoms with Crippen molar-refractivity contribution < 1.29 is 23.8 Å². The SMILES string of the molecule is CC1(C)OC[C@](CO)(NC(=O)C(Cl)(Cl)Cl)[C@@H](CO[Si](C)(C)C(C)(C)C)O1. The first-order valence-corrected chi connectivity index (χ1v) is 12.5. The van der Waals surface area contributed by atoms with Gasteiger partial charge in [0.05, 0.1) is 19.8 Å². The molecule has 0 aromatic rings. The molecule has 2 N–H and O–H groups in total. The van der Waals surface area contributed by atoms with Gasteiger partial charge in [-0.2, -0.15) is 0 Å². The first-order valence-electron chi connectivity index (χ1n) is 8.42. The van der Waals surface area contributed by atoms with E-state index in [1.807, 2.05) is 0 Å². The molecule has 1 aliphatic rings. The Balaban J connectivity index is 3.08. The molecule has 2 atom stereocenters. The molecular weight excluding hydrogens is 421 g/mol. The molecule has 0 saturated carbocycles. The van der Waals surface area contributed by atoms with Gasteiger partial charge in [-0.1, -0.05) is 55.6 Å². The number of rotatable bonds is 5. The molecule has 1 fully saturated rings. The maximum Gasteiger partial charge on any atom is 0.272 e. The van der Waals surface area contributed by atoms with Gasteiger partial charge in [-0.15, -0.1) is 0 Å². The van der Waals surface area contributed by atoms with Gasteiger partial charge in [0.25, 0.3) is 9.70 Å². The number of nitrogens with one attached hydrogen (secondary N) is 1. The van der Waals surface area contributed by atoms with Crippen LogP contribution in [0.1, 0.15) is 34.6 Å². The lowest BCUT2D eigenvalue weighted by molar-refractivity contribution is -0.309. The summed E-state index contributed by atoms with van der Waals surface area (Å²) < 4.78 is 15.7. The number of halogens is 3. The van der Waals surface area contributed by atoms with Crippen LogP contribution in [0.15, 0.2) is 0 Å². The van der Waals surface area contributed by atoms with Gasteiger partial charge in [-0.3, -0.25) is 4.79 Å². The fraction of sp³-hybridized carbons (Fsp3) is 0.938. The van der Waals surface area contributed by atoms with Crippen LogP contribution < -0.4 is 5.32 Å². The Hall–Kier alpha value is 0.397. The molecule has 0 aromatic heterocycles. The topological polar surface area (TPSA) is 77.0 Å². The zero-order valence-electron chi connectivity index (χ0n) is 16.4. The van der Waals surface area contributed by atoms with E-state index in [0.29, 0.717) is 0 Å². The van der Waals surface area contributed by atoms with Crippen LogP contribution in [0.25, 0.3) is 0 Å². The van der Waals surface area contributed by atoms with Crippen LogP contribution in [0.2, 0.25) is 18.1 Å². The molecule has 1 amide bonds. The first-order chi connectivity index (χ1) is 11.5. The molecule has 1 saturated heterocycles. The monoisotopic (exact) mass is 449 g/mol. The summed E-state index contributed by atoms with van der Waals surface area (Å²) in [6.45, 7) is 13.8. The first kappa shape index (κ1) is 24.4. The van der Waals surface area contributed by atoms with E-state index in [9.17, 15) is 9.90 Å². The summed E-state index contributed by atoms with van der Waals surface area (Å²) in [5.74, 6) is -1.76. The van der Waals surface area contributed by atoms with Crippen molar-refractivity contribution in [2.24, 2.45) is 0 Å². The van der Waals surface area contributed by atoms with Crippen LogP contribution in [0.3, 0.4) is 0 Å². The lowest BCUT2D eigenvalue weighted by Crippen LogP contribution is -2.70. The number of aliphatic hydroxyl groups is 1. The summed E-state index contributed by atoms with van der Waals surface area (Å²) in [6.07, 6.45) is -0.679. The van der Waals surface area contributed by atoms with Gasteiger partial charge in [0, 0.05) is 0 Å². The lowest BCUT2D eigenvalue weighted by Gasteiger charge is -2.49. The van der Waals surface area contributed by atoms with E-state index in [-0.39, 0.29) is 18.3 Å². The van der Waals surface area contributed by atoms with Gasteiger partial charge in [0.2, 0.25) is 0 Å². The van der Waals surface area contributed by atoms with Crippen molar-refractivity contribution in [2.75, 3.05) is 19.8 Å². The van der Waals surface area contributed by atoms with E-state index < -0.39 is 42.1 Å². The molecule has 10 heteroatoms. The second-order valence-electron chi connectivity index (χ2n) is 8.63. The molecule has 0 radical (unpaired) electrons. The van der Waals surface area contributed by atoms with Crippen LogP contribution in [0, 0.1) is 0 Å². The molecule has 154 valence electrons. The van der Waals surface area contributed by atoms with Crippen molar-refractivity contribution in [3.8, 4) is 0 Å². The fourth-order valence-corrected chi connectivity index (χ4v) is 3.32. The molecule has 0 aromatic carbocycles. The number of alkyl halides is 3. The summed E-state index contributed by atoms with van der Waals surface area (Å²) >= 11 is 17.0. The predicted molar refractivity (Wildman–Crippen MR) is 106 cm³/mol. The summed E-state index contributed by atoms with van der Waals surface area (Å²) in [5.41, 5.74) is -1.28.